The second-order valence-electron chi connectivity index (χ2n) is 4.11. The van der Waals surface area contributed by atoms with Crippen LogP contribution in [0.1, 0.15) is 23.7 Å². The summed E-state index contributed by atoms with van der Waals surface area (Å²) in [4.78, 5) is 35.9. The van der Waals surface area contributed by atoms with Gasteiger partial charge in [-0.15, -0.1) is 0 Å². The molecular weight excluding hydrogens is 361 g/mol. The number of Topliss-reactive ketones (excluding diaryl/α,β-unsaturated/α-hetero) is 1. The lowest BCUT2D eigenvalue weighted by Gasteiger charge is -2.11. The van der Waals surface area contributed by atoms with E-state index in [1.807, 2.05) is 0 Å². The molecule has 0 bridgehead atoms. The van der Waals surface area contributed by atoms with Crippen LogP contribution in [0.15, 0.2) is 18.2 Å². The van der Waals surface area contributed by atoms with Crippen molar-refractivity contribution in [1.82, 2.24) is 0 Å². The molecule has 5 nitrogen and oxygen atoms in total. The standard InChI is InChI=1S/C13H12INO4/c1-2-19-13(18)9-6-11(16)15-10-4-3-7(14)5-8(10)12(9)17/h3-5,9H,2,6H2,1H3,(H,15,16). The number of rotatable bonds is 2. The maximum absolute atomic E-state index is 12.4. The number of carbonyl (C=O) groups excluding carboxylic acids is 3. The molecule has 1 atom stereocenters. The van der Waals surface area contributed by atoms with Gasteiger partial charge in [-0.3, -0.25) is 14.4 Å². The van der Waals surface area contributed by atoms with Gasteiger partial charge in [-0.1, -0.05) is 0 Å². The molecule has 0 saturated carbocycles. The van der Waals surface area contributed by atoms with Gasteiger partial charge in [-0.05, 0) is 47.7 Å². The van der Waals surface area contributed by atoms with Crippen LogP contribution in [0.25, 0.3) is 0 Å². The molecule has 1 aromatic carbocycles. The van der Waals surface area contributed by atoms with Crippen LogP contribution in [0.3, 0.4) is 0 Å². The predicted octanol–water partition coefficient (Wildman–Crippen LogP) is 2.00. The van der Waals surface area contributed by atoms with E-state index in [1.54, 1.807) is 25.1 Å². The average Bonchev–Trinajstić information content (AvgIpc) is 2.48. The molecule has 1 heterocycles. The maximum Gasteiger partial charge on any atom is 0.317 e. The molecular formula is C13H12INO4. The largest absolute Gasteiger partial charge is 0.465 e. The van der Waals surface area contributed by atoms with Crippen LogP contribution in [-0.2, 0) is 14.3 Å². The highest BCUT2D eigenvalue weighted by Crippen LogP contribution is 2.27. The molecule has 0 fully saturated rings. The zero-order valence-electron chi connectivity index (χ0n) is 10.2. The molecule has 6 heteroatoms. The van der Waals surface area contributed by atoms with E-state index in [9.17, 15) is 14.4 Å². The number of amides is 1. The van der Waals surface area contributed by atoms with E-state index in [2.05, 4.69) is 27.9 Å². The molecule has 19 heavy (non-hydrogen) atoms. The Morgan fingerprint density at radius 1 is 1.47 bits per heavy atom. The van der Waals surface area contributed by atoms with Crippen LogP contribution in [0, 0.1) is 9.49 Å². The molecule has 1 aliphatic heterocycles. The summed E-state index contributed by atoms with van der Waals surface area (Å²) >= 11 is 2.07. The minimum Gasteiger partial charge on any atom is -0.465 e. The van der Waals surface area contributed by atoms with Crippen molar-refractivity contribution in [2.75, 3.05) is 11.9 Å². The van der Waals surface area contributed by atoms with Crippen LogP contribution in [0.5, 0.6) is 0 Å². The quantitative estimate of drug-likeness (QED) is 0.489. The number of anilines is 1. The molecule has 0 aliphatic carbocycles. The fourth-order valence-electron chi connectivity index (χ4n) is 1.93. The van der Waals surface area contributed by atoms with Crippen LogP contribution in [0.4, 0.5) is 5.69 Å². The fraction of sp³-hybridized carbons (Fsp3) is 0.308. The first kappa shape index (κ1) is 14.0. The van der Waals surface area contributed by atoms with Gasteiger partial charge in [0.1, 0.15) is 5.92 Å². The van der Waals surface area contributed by atoms with Crippen LogP contribution < -0.4 is 5.32 Å². The SMILES string of the molecule is CCOC(=O)C1CC(=O)Nc2ccc(I)cc2C1=O. The van der Waals surface area contributed by atoms with Crippen LogP contribution in [-0.4, -0.2) is 24.3 Å². The molecule has 0 radical (unpaired) electrons. The van der Waals surface area contributed by atoms with Gasteiger partial charge in [0.25, 0.3) is 0 Å². The van der Waals surface area contributed by atoms with Gasteiger partial charge < -0.3 is 10.1 Å². The third-order valence-corrected chi connectivity index (χ3v) is 3.47. The Balaban J connectivity index is 2.43. The molecule has 0 aromatic heterocycles. The van der Waals surface area contributed by atoms with Gasteiger partial charge in [0.2, 0.25) is 5.91 Å². The van der Waals surface area contributed by atoms with Crippen molar-refractivity contribution >= 4 is 45.9 Å². The van der Waals surface area contributed by atoms with Gasteiger partial charge in [-0.2, -0.15) is 0 Å². The van der Waals surface area contributed by atoms with Crippen molar-refractivity contribution < 1.29 is 19.1 Å². The molecule has 2 rings (SSSR count). The van der Waals surface area contributed by atoms with Crippen molar-refractivity contribution in [2.45, 2.75) is 13.3 Å². The van der Waals surface area contributed by atoms with E-state index in [0.717, 1.165) is 3.57 Å². The number of halogens is 1. The molecule has 1 unspecified atom stereocenters. The lowest BCUT2D eigenvalue weighted by Crippen LogP contribution is -2.27. The summed E-state index contributed by atoms with van der Waals surface area (Å²) < 4.78 is 5.72. The van der Waals surface area contributed by atoms with Gasteiger partial charge in [0, 0.05) is 15.6 Å². The summed E-state index contributed by atoms with van der Waals surface area (Å²) in [5, 5.41) is 2.64. The first-order valence-electron chi connectivity index (χ1n) is 5.83. The summed E-state index contributed by atoms with van der Waals surface area (Å²) in [5.74, 6) is -2.43. The number of hydrogen-bond donors (Lipinski definition) is 1. The Labute approximate surface area is 123 Å². The van der Waals surface area contributed by atoms with Crippen molar-refractivity contribution in [3.63, 3.8) is 0 Å². The molecule has 100 valence electrons. The lowest BCUT2D eigenvalue weighted by molar-refractivity contribution is -0.147. The highest BCUT2D eigenvalue weighted by Gasteiger charge is 2.35. The molecule has 1 aliphatic rings. The highest BCUT2D eigenvalue weighted by molar-refractivity contribution is 14.1. The monoisotopic (exact) mass is 373 g/mol. The van der Waals surface area contributed by atoms with Gasteiger partial charge in [-0.25, -0.2) is 0 Å². The van der Waals surface area contributed by atoms with Gasteiger partial charge in [0.05, 0.1) is 12.3 Å². The first-order chi connectivity index (χ1) is 9.02. The third kappa shape index (κ3) is 2.94. The molecule has 0 spiro atoms. The minimum atomic E-state index is -1.06. The van der Waals surface area contributed by atoms with Crippen molar-refractivity contribution in [3.05, 3.63) is 27.3 Å². The van der Waals surface area contributed by atoms with E-state index in [1.165, 1.54) is 0 Å². The number of benzene rings is 1. The topological polar surface area (TPSA) is 72.5 Å². The Morgan fingerprint density at radius 2 is 2.21 bits per heavy atom. The smallest absolute Gasteiger partial charge is 0.317 e. The fourth-order valence-corrected chi connectivity index (χ4v) is 2.42. The van der Waals surface area contributed by atoms with E-state index in [4.69, 9.17) is 4.74 Å². The van der Waals surface area contributed by atoms with Crippen LogP contribution >= 0.6 is 22.6 Å². The molecule has 1 amide bonds. The summed E-state index contributed by atoms with van der Waals surface area (Å²) in [7, 11) is 0. The number of esters is 1. The Bertz CT molecular complexity index is 556. The Morgan fingerprint density at radius 3 is 2.89 bits per heavy atom. The number of carbonyl (C=O) groups is 3. The zero-order chi connectivity index (χ0) is 14.0. The number of ether oxygens (including phenoxy) is 1. The van der Waals surface area contributed by atoms with Gasteiger partial charge in [0.15, 0.2) is 5.78 Å². The average molecular weight is 373 g/mol. The summed E-state index contributed by atoms with van der Waals surface area (Å²) in [6.07, 6.45) is -0.178. The Kier molecular flexibility index (Phi) is 4.18. The second kappa shape index (κ2) is 5.68. The molecule has 1 aromatic rings. The maximum atomic E-state index is 12.4. The zero-order valence-corrected chi connectivity index (χ0v) is 12.4. The number of ketones is 1. The summed E-state index contributed by atoms with van der Waals surface area (Å²) in [6.45, 7) is 1.85. The van der Waals surface area contributed by atoms with Gasteiger partial charge >= 0.3 is 5.97 Å². The second-order valence-corrected chi connectivity index (χ2v) is 5.36. The highest BCUT2D eigenvalue weighted by atomic mass is 127. The molecule has 0 saturated heterocycles. The third-order valence-electron chi connectivity index (χ3n) is 2.80. The van der Waals surface area contributed by atoms with Crippen molar-refractivity contribution in [3.8, 4) is 0 Å². The number of nitrogens with one attached hydrogen (secondary N) is 1. The van der Waals surface area contributed by atoms with Crippen LogP contribution in [0.2, 0.25) is 0 Å². The number of fused-ring (bicyclic) bond motifs is 1. The minimum absolute atomic E-state index is 0.178. The number of hydrogen-bond acceptors (Lipinski definition) is 4. The lowest BCUT2D eigenvalue weighted by atomic mass is 9.95. The predicted molar refractivity (Wildman–Crippen MR) is 76.9 cm³/mol. The first-order valence-corrected chi connectivity index (χ1v) is 6.91. The van der Waals surface area contributed by atoms with E-state index >= 15 is 0 Å². The molecule has 1 N–H and O–H groups in total. The van der Waals surface area contributed by atoms with E-state index in [0.29, 0.717) is 11.3 Å². The summed E-state index contributed by atoms with van der Waals surface area (Å²) in [6, 6.07) is 5.12. The summed E-state index contributed by atoms with van der Waals surface area (Å²) in [5.41, 5.74) is 0.804. The van der Waals surface area contributed by atoms with Crippen molar-refractivity contribution in [1.29, 1.82) is 0 Å². The Hall–Kier alpha value is -1.44. The van der Waals surface area contributed by atoms with E-state index in [-0.39, 0.29) is 24.7 Å². The van der Waals surface area contributed by atoms with E-state index < -0.39 is 11.9 Å². The van der Waals surface area contributed by atoms with Crippen molar-refractivity contribution in [2.24, 2.45) is 5.92 Å². The normalized spacial score (nSPS) is 18.3.